The van der Waals surface area contributed by atoms with Crippen LogP contribution in [0.3, 0.4) is 0 Å². The molecule has 1 heterocycles. The molecule has 17 heavy (non-hydrogen) atoms. The van der Waals surface area contributed by atoms with Crippen molar-refractivity contribution in [3.8, 4) is 5.75 Å². The average molecular weight is 301 g/mol. The van der Waals surface area contributed by atoms with Crippen LogP contribution < -0.4 is 10.1 Å². The van der Waals surface area contributed by atoms with Crippen LogP contribution in [0.25, 0.3) is 0 Å². The Kier molecular flexibility index (Phi) is 3.96. The van der Waals surface area contributed by atoms with E-state index in [0.29, 0.717) is 18.4 Å². The van der Waals surface area contributed by atoms with Gasteiger partial charge >= 0.3 is 0 Å². The number of nitrogens with one attached hydrogen (secondary N) is 1. The van der Waals surface area contributed by atoms with Crippen molar-refractivity contribution in [2.24, 2.45) is 0 Å². The Hall–Kier alpha value is -1.14. The van der Waals surface area contributed by atoms with Gasteiger partial charge in [0.05, 0.1) is 15.5 Å². The van der Waals surface area contributed by atoms with Gasteiger partial charge in [0.1, 0.15) is 12.4 Å². The quantitative estimate of drug-likeness (QED) is 0.685. The predicted molar refractivity (Wildman–Crippen MR) is 67.3 cm³/mol. The average Bonchev–Trinajstić information content (AvgIpc) is 2.80. The number of nitrogens with zero attached hydrogens (tertiary/aromatic N) is 1. The number of hydrogen-bond acceptors (Lipinski definition) is 4. The van der Waals surface area contributed by atoms with E-state index in [1.807, 2.05) is 0 Å². The zero-order valence-electron chi connectivity index (χ0n) is 9.19. The number of rotatable bonds is 4. The summed E-state index contributed by atoms with van der Waals surface area (Å²) in [4.78, 5) is 10.2. The van der Waals surface area contributed by atoms with Crippen molar-refractivity contribution >= 4 is 21.6 Å². The van der Waals surface area contributed by atoms with E-state index in [2.05, 4.69) is 21.2 Å². The van der Waals surface area contributed by atoms with Crippen LogP contribution in [0.15, 0.2) is 22.7 Å². The number of ether oxygens (including phenoxy) is 1. The first-order chi connectivity index (χ1) is 8.16. The molecule has 1 N–H and O–H groups in total. The van der Waals surface area contributed by atoms with Crippen LogP contribution in [0.1, 0.15) is 12.8 Å². The summed E-state index contributed by atoms with van der Waals surface area (Å²) in [5.74, 6) is 0.521. The van der Waals surface area contributed by atoms with Gasteiger partial charge in [0.15, 0.2) is 0 Å². The molecule has 0 saturated carbocycles. The lowest BCUT2D eigenvalue weighted by Crippen LogP contribution is -2.28. The van der Waals surface area contributed by atoms with Gasteiger partial charge in [0.2, 0.25) is 0 Å². The number of hydrogen-bond donors (Lipinski definition) is 1. The van der Waals surface area contributed by atoms with Crippen LogP contribution in [0.4, 0.5) is 5.69 Å². The van der Waals surface area contributed by atoms with Gasteiger partial charge in [0.25, 0.3) is 5.69 Å². The van der Waals surface area contributed by atoms with Crippen molar-refractivity contribution in [2.75, 3.05) is 13.2 Å². The van der Waals surface area contributed by atoms with Gasteiger partial charge in [0, 0.05) is 12.1 Å². The summed E-state index contributed by atoms with van der Waals surface area (Å²) < 4.78 is 6.33. The van der Waals surface area contributed by atoms with Gasteiger partial charge in [-0.25, -0.2) is 0 Å². The van der Waals surface area contributed by atoms with Crippen molar-refractivity contribution in [2.45, 2.75) is 18.9 Å². The SMILES string of the molecule is O=[N+]([O-])c1ccc(Br)c(OC[C@@H]2CCCN2)c1. The van der Waals surface area contributed by atoms with E-state index in [1.54, 1.807) is 6.07 Å². The number of halogens is 1. The van der Waals surface area contributed by atoms with Crippen LogP contribution in [0.5, 0.6) is 5.75 Å². The van der Waals surface area contributed by atoms with Crippen molar-refractivity contribution in [1.29, 1.82) is 0 Å². The van der Waals surface area contributed by atoms with E-state index in [-0.39, 0.29) is 5.69 Å². The van der Waals surface area contributed by atoms with E-state index >= 15 is 0 Å². The Morgan fingerprint density at radius 3 is 3.06 bits per heavy atom. The molecule has 0 radical (unpaired) electrons. The summed E-state index contributed by atoms with van der Waals surface area (Å²) in [6.07, 6.45) is 2.25. The molecule has 0 unspecified atom stereocenters. The molecule has 1 aliphatic heterocycles. The number of nitro benzene ring substituents is 1. The van der Waals surface area contributed by atoms with Crippen LogP contribution in [-0.2, 0) is 0 Å². The summed E-state index contributed by atoms with van der Waals surface area (Å²) in [7, 11) is 0. The number of non-ortho nitro benzene ring substituents is 1. The largest absolute Gasteiger partial charge is 0.491 e. The molecule has 1 aliphatic rings. The minimum atomic E-state index is -0.423. The monoisotopic (exact) mass is 300 g/mol. The molecule has 0 aromatic heterocycles. The Morgan fingerprint density at radius 1 is 1.59 bits per heavy atom. The fourth-order valence-electron chi connectivity index (χ4n) is 1.81. The van der Waals surface area contributed by atoms with Gasteiger partial charge in [-0.15, -0.1) is 0 Å². The number of benzene rings is 1. The second-order valence-corrected chi connectivity index (χ2v) is 4.83. The van der Waals surface area contributed by atoms with Crippen LogP contribution in [0, 0.1) is 10.1 Å². The smallest absolute Gasteiger partial charge is 0.273 e. The molecule has 6 heteroatoms. The zero-order chi connectivity index (χ0) is 12.3. The summed E-state index contributed by atoms with van der Waals surface area (Å²) in [6, 6.07) is 4.88. The lowest BCUT2D eigenvalue weighted by molar-refractivity contribution is -0.385. The fraction of sp³-hybridized carbons (Fsp3) is 0.455. The molecular weight excluding hydrogens is 288 g/mol. The highest BCUT2D eigenvalue weighted by Gasteiger charge is 2.16. The van der Waals surface area contributed by atoms with E-state index in [9.17, 15) is 10.1 Å². The molecular formula is C11H13BrN2O3. The standard InChI is InChI=1S/C11H13BrN2O3/c12-10-4-3-9(14(15)16)6-11(10)17-7-8-2-1-5-13-8/h3-4,6,8,13H,1-2,5,7H2/t8-/m0/s1. The van der Waals surface area contributed by atoms with E-state index in [0.717, 1.165) is 23.9 Å². The fourth-order valence-corrected chi connectivity index (χ4v) is 2.17. The first kappa shape index (κ1) is 12.3. The minimum absolute atomic E-state index is 0.0441. The Bertz CT molecular complexity index is 419. The zero-order valence-corrected chi connectivity index (χ0v) is 10.8. The van der Waals surface area contributed by atoms with Gasteiger partial charge in [-0.3, -0.25) is 10.1 Å². The maximum absolute atomic E-state index is 10.6. The molecule has 92 valence electrons. The second kappa shape index (κ2) is 5.46. The topological polar surface area (TPSA) is 64.4 Å². The predicted octanol–water partition coefficient (Wildman–Crippen LogP) is 2.49. The lowest BCUT2D eigenvalue weighted by atomic mass is 10.2. The first-order valence-electron chi connectivity index (χ1n) is 5.47. The second-order valence-electron chi connectivity index (χ2n) is 3.98. The maximum Gasteiger partial charge on any atom is 0.273 e. The highest BCUT2D eigenvalue weighted by molar-refractivity contribution is 9.10. The Balaban J connectivity index is 2.03. The van der Waals surface area contributed by atoms with E-state index in [1.165, 1.54) is 12.1 Å². The highest BCUT2D eigenvalue weighted by Crippen LogP contribution is 2.29. The Labute approximate surface area is 107 Å². The van der Waals surface area contributed by atoms with E-state index < -0.39 is 4.92 Å². The van der Waals surface area contributed by atoms with Gasteiger partial charge in [-0.2, -0.15) is 0 Å². The maximum atomic E-state index is 10.6. The third-order valence-corrected chi connectivity index (χ3v) is 3.38. The van der Waals surface area contributed by atoms with Gasteiger partial charge in [-0.1, -0.05) is 0 Å². The van der Waals surface area contributed by atoms with Crippen molar-refractivity contribution in [3.05, 3.63) is 32.8 Å². The molecule has 0 amide bonds. The third-order valence-electron chi connectivity index (χ3n) is 2.73. The molecule has 1 atom stereocenters. The summed E-state index contributed by atoms with van der Waals surface area (Å²) in [5.41, 5.74) is 0.0441. The lowest BCUT2D eigenvalue weighted by Gasteiger charge is -2.12. The van der Waals surface area contributed by atoms with Crippen molar-refractivity contribution in [3.63, 3.8) is 0 Å². The summed E-state index contributed by atoms with van der Waals surface area (Å²) in [6.45, 7) is 1.56. The van der Waals surface area contributed by atoms with Crippen LogP contribution >= 0.6 is 15.9 Å². The molecule has 0 aliphatic carbocycles. The molecule has 1 aromatic rings. The summed E-state index contributed by atoms with van der Waals surface area (Å²) in [5, 5.41) is 14.0. The molecule has 0 spiro atoms. The highest BCUT2D eigenvalue weighted by atomic mass is 79.9. The molecule has 0 bridgehead atoms. The normalized spacial score (nSPS) is 19.2. The molecule has 1 aromatic carbocycles. The van der Waals surface area contributed by atoms with Gasteiger partial charge < -0.3 is 10.1 Å². The number of nitro groups is 1. The Morgan fingerprint density at radius 2 is 2.41 bits per heavy atom. The summed E-state index contributed by atoms with van der Waals surface area (Å²) >= 11 is 3.32. The first-order valence-corrected chi connectivity index (χ1v) is 6.26. The van der Waals surface area contributed by atoms with Gasteiger partial charge in [-0.05, 0) is 41.4 Å². The minimum Gasteiger partial charge on any atom is -0.491 e. The van der Waals surface area contributed by atoms with Crippen molar-refractivity contribution in [1.82, 2.24) is 5.32 Å². The molecule has 1 saturated heterocycles. The molecule has 5 nitrogen and oxygen atoms in total. The van der Waals surface area contributed by atoms with E-state index in [4.69, 9.17) is 4.74 Å². The van der Waals surface area contributed by atoms with Crippen LogP contribution in [0.2, 0.25) is 0 Å². The molecule has 2 rings (SSSR count). The van der Waals surface area contributed by atoms with Crippen molar-refractivity contribution < 1.29 is 9.66 Å². The molecule has 1 fully saturated rings. The van der Waals surface area contributed by atoms with Crippen LogP contribution in [-0.4, -0.2) is 24.1 Å². The third kappa shape index (κ3) is 3.17.